The van der Waals surface area contributed by atoms with Gasteiger partial charge in [-0.15, -0.1) is 0 Å². The third-order valence-corrected chi connectivity index (χ3v) is 12.2. The van der Waals surface area contributed by atoms with Crippen LogP contribution in [0.15, 0.2) is 143 Å². The van der Waals surface area contributed by atoms with E-state index in [1.165, 1.54) is 31.4 Å². The minimum atomic E-state index is -1.29. The van der Waals surface area contributed by atoms with Crippen molar-refractivity contribution in [3.63, 3.8) is 0 Å². The summed E-state index contributed by atoms with van der Waals surface area (Å²) in [7, 11) is 2.29. The normalized spacial score (nSPS) is 11.0. The number of aromatic carboxylic acids is 1. The van der Waals surface area contributed by atoms with Crippen molar-refractivity contribution in [3.8, 4) is 34.6 Å². The topological polar surface area (TPSA) is 410 Å². The number of carboxylic acid groups (broad SMARTS) is 1. The van der Waals surface area contributed by atoms with Gasteiger partial charge in [-0.05, 0) is 82.9 Å². The van der Waals surface area contributed by atoms with E-state index in [1.807, 2.05) is 60.7 Å². The summed E-state index contributed by atoms with van der Waals surface area (Å²) in [5, 5.41) is 42.4. The molecule has 87 heavy (non-hydrogen) atoms. The number of hydrogen-bond donors (Lipinski definition) is 11. The molecule has 0 bridgehead atoms. The minimum absolute atomic E-state index is 0. The summed E-state index contributed by atoms with van der Waals surface area (Å²) < 4.78 is 9.40. The Labute approximate surface area is 531 Å². The highest BCUT2D eigenvalue weighted by atomic mass is 35.5. The molecule has 0 unspecified atom stereocenters. The Kier molecular flexibility index (Phi) is 31.8. The van der Waals surface area contributed by atoms with Crippen LogP contribution in [-0.4, -0.2) is 117 Å². The zero-order valence-electron chi connectivity index (χ0n) is 45.7. The minimum Gasteiger partial charge on any atom is -0.478 e. The molecule has 0 aliphatic carbocycles. The Morgan fingerprint density at radius 1 is 0.529 bits per heavy atom. The van der Waals surface area contributed by atoms with E-state index in [1.54, 1.807) is 60.9 Å². The van der Waals surface area contributed by atoms with Gasteiger partial charge in [-0.25, -0.2) is 24.4 Å². The molecule has 6 aromatic rings. The summed E-state index contributed by atoms with van der Waals surface area (Å²) in [6.07, 6.45) is 3.23. The number of rotatable bonds is 19. The molecule has 0 aromatic heterocycles. The van der Waals surface area contributed by atoms with Crippen LogP contribution < -0.4 is 54.4 Å². The van der Waals surface area contributed by atoms with E-state index in [4.69, 9.17) is 84.0 Å². The lowest BCUT2D eigenvalue weighted by molar-refractivity contribution is -0.143. The molecule has 6 aromatic carbocycles. The number of esters is 2. The Morgan fingerprint density at radius 2 is 0.908 bits per heavy atom. The molecule has 31 heteroatoms. The molecule has 0 fully saturated rings. The molecule has 0 radical (unpaired) electrons. The molecule has 14 N–H and O–H groups in total. The van der Waals surface area contributed by atoms with Crippen molar-refractivity contribution in [2.75, 3.05) is 40.4 Å². The van der Waals surface area contributed by atoms with Gasteiger partial charge < -0.3 is 58.4 Å². The standard InChI is InChI=1S/C28H25Cl2N7O5.C19H19Cl2N3O4.C9H8N4O2.2H2S/c1-42-27(41)22(37-26(40)24-20(29)11-18(12-21(24)30)16-6-3-2-4-7-16)13-33-23(38)14-34-25(39)17-8-5-9-19(10-17)36-28(32)35-15-31;1-28-19(27)15(10-23-16(25)9-22)24-18(26)17-13(20)7-12(8-14(17)21)11-5-3-2-4-6-11;10-5-12-9(11)13-7-3-1-2-6(4-7)8(14)15;;/h2-12,22H,13-14H2,1H3,(H,33,38)(H,34,39)(H,37,40)(H3,32,35,36);2-8,15H,9-10,22H2,1H3,(H,23,25)(H,24,26);1-4H,(H,14,15)(H3,11,12,13);2*1H2/t22-;15-;;;/m00.../s1. The molecule has 0 saturated carbocycles. The van der Waals surface area contributed by atoms with Crippen LogP contribution in [0.5, 0.6) is 0 Å². The summed E-state index contributed by atoms with van der Waals surface area (Å²) >= 11 is 25.3. The van der Waals surface area contributed by atoms with E-state index in [0.29, 0.717) is 16.9 Å². The smallest absolute Gasteiger partial charge is 0.335 e. The molecular weight excluding hydrogens is 1250 g/mol. The molecule has 0 spiro atoms. The van der Waals surface area contributed by atoms with Crippen LogP contribution in [0.2, 0.25) is 20.1 Å². The van der Waals surface area contributed by atoms with E-state index in [0.717, 1.165) is 23.8 Å². The SMILES string of the molecule is COC(=O)[C@H](CNC(=O)CN)NC(=O)c1c(Cl)cc(-c2ccccc2)cc1Cl.COC(=O)[C@H](CNC(=O)CNC(=O)c1cccc(N=C(N)NC#N)c1)NC(=O)c1c(Cl)cc(-c2ccccc2)cc1Cl.N#CNC(N)=Nc1cccc(C(=O)O)c1.S.S. The quantitative estimate of drug-likeness (QED) is 0.0165. The highest BCUT2D eigenvalue weighted by molar-refractivity contribution is 7.59. The summed E-state index contributed by atoms with van der Waals surface area (Å²) in [4.78, 5) is 104. The maximum absolute atomic E-state index is 13.0. The van der Waals surface area contributed by atoms with Crippen molar-refractivity contribution < 1.29 is 52.9 Å². The second kappa shape index (κ2) is 37.7. The van der Waals surface area contributed by atoms with Crippen LogP contribution in [0.4, 0.5) is 11.4 Å². The van der Waals surface area contributed by atoms with Crippen molar-refractivity contribution in [1.29, 1.82) is 10.5 Å². The number of nitriles is 2. The number of carboxylic acids is 1. The van der Waals surface area contributed by atoms with Gasteiger partial charge in [0.15, 0.2) is 12.4 Å². The first-order valence-electron chi connectivity index (χ1n) is 24.4. The lowest BCUT2D eigenvalue weighted by Gasteiger charge is -2.18. The lowest BCUT2D eigenvalue weighted by Crippen LogP contribution is -2.50. The van der Waals surface area contributed by atoms with Crippen LogP contribution in [0.25, 0.3) is 22.3 Å². The van der Waals surface area contributed by atoms with Crippen LogP contribution >= 0.6 is 73.4 Å². The monoisotopic (exact) mass is 1300 g/mol. The van der Waals surface area contributed by atoms with Crippen LogP contribution in [-0.2, 0) is 28.7 Å². The van der Waals surface area contributed by atoms with Crippen molar-refractivity contribution in [3.05, 3.63) is 176 Å². The zero-order chi connectivity index (χ0) is 62.6. The maximum atomic E-state index is 13.0. The average molecular weight is 1310 g/mol. The van der Waals surface area contributed by atoms with E-state index >= 15 is 0 Å². The molecular formula is C56H56Cl4N14O11S2. The highest BCUT2D eigenvalue weighted by Gasteiger charge is 2.27. The van der Waals surface area contributed by atoms with Gasteiger partial charge in [0.2, 0.25) is 23.7 Å². The molecule has 0 aliphatic rings. The Morgan fingerprint density at radius 3 is 1.28 bits per heavy atom. The Hall–Kier alpha value is -9.58. The van der Waals surface area contributed by atoms with E-state index in [-0.39, 0.29) is 101 Å². The Bertz CT molecular complexity index is 3530. The van der Waals surface area contributed by atoms with Gasteiger partial charge in [0.05, 0.1) is 75.5 Å². The van der Waals surface area contributed by atoms with Crippen LogP contribution in [0, 0.1) is 22.9 Å². The van der Waals surface area contributed by atoms with Crippen molar-refractivity contribution in [1.82, 2.24) is 37.2 Å². The maximum Gasteiger partial charge on any atom is 0.335 e. The van der Waals surface area contributed by atoms with Gasteiger partial charge >= 0.3 is 17.9 Å². The van der Waals surface area contributed by atoms with E-state index < -0.39 is 66.1 Å². The number of aliphatic imine (C=N–C) groups is 2. The summed E-state index contributed by atoms with van der Waals surface area (Å²) in [6, 6.07) is 34.6. The number of benzene rings is 6. The van der Waals surface area contributed by atoms with Crippen molar-refractivity contribution in [2.45, 2.75) is 12.1 Å². The number of nitrogens with one attached hydrogen (secondary N) is 7. The number of amides is 5. The molecule has 5 amide bonds. The number of halogens is 4. The number of nitrogens with two attached hydrogens (primary N) is 3. The van der Waals surface area contributed by atoms with E-state index in [2.05, 4.69) is 51.9 Å². The van der Waals surface area contributed by atoms with Gasteiger partial charge in [-0.2, -0.15) is 37.5 Å². The predicted molar refractivity (Wildman–Crippen MR) is 338 cm³/mol. The third-order valence-electron chi connectivity index (χ3n) is 11.0. The number of carbonyl (C=O) groups excluding carboxylic acids is 7. The summed E-state index contributed by atoms with van der Waals surface area (Å²) in [5.74, 6) is -5.99. The largest absolute Gasteiger partial charge is 0.478 e. The number of guanidine groups is 2. The van der Waals surface area contributed by atoms with Gasteiger partial charge in [0, 0.05) is 18.7 Å². The first-order valence-corrected chi connectivity index (χ1v) is 25.9. The second-order valence-electron chi connectivity index (χ2n) is 16.8. The van der Waals surface area contributed by atoms with Gasteiger partial charge in [-0.1, -0.05) is 119 Å². The molecule has 0 heterocycles. The Balaban J connectivity index is 0.000000492. The molecule has 6 rings (SSSR count). The van der Waals surface area contributed by atoms with Gasteiger partial charge in [0.25, 0.3) is 17.7 Å². The van der Waals surface area contributed by atoms with Crippen LogP contribution in [0.3, 0.4) is 0 Å². The molecule has 456 valence electrons. The molecule has 2 atom stereocenters. The first-order chi connectivity index (χ1) is 40.6. The van der Waals surface area contributed by atoms with Crippen molar-refractivity contribution >= 4 is 144 Å². The number of nitrogens with zero attached hydrogens (tertiary/aromatic N) is 4. The molecule has 0 saturated heterocycles. The fourth-order valence-electron chi connectivity index (χ4n) is 7.01. The number of methoxy groups -OCH3 is 2. The average Bonchev–Trinajstić information content (AvgIpc) is 1.61. The van der Waals surface area contributed by atoms with Gasteiger partial charge in [-0.3, -0.25) is 34.6 Å². The number of hydrogen-bond acceptors (Lipinski definition) is 15. The molecule has 25 nitrogen and oxygen atoms in total. The zero-order valence-corrected chi connectivity index (χ0v) is 50.8. The number of ether oxygens (including phenoxy) is 2. The van der Waals surface area contributed by atoms with Crippen LogP contribution in [0.1, 0.15) is 41.4 Å². The van der Waals surface area contributed by atoms with E-state index in [9.17, 15) is 38.4 Å². The second-order valence-corrected chi connectivity index (χ2v) is 18.5. The summed E-state index contributed by atoms with van der Waals surface area (Å²) in [5.41, 5.74) is 20.1. The lowest BCUT2D eigenvalue weighted by atomic mass is 10.0. The van der Waals surface area contributed by atoms with Gasteiger partial charge in [0.1, 0.15) is 12.1 Å². The summed E-state index contributed by atoms with van der Waals surface area (Å²) in [6.45, 7) is -1.23. The molecule has 0 aliphatic heterocycles. The fourth-order valence-corrected chi connectivity index (χ4v) is 8.33. The fraction of sp³-hybridized carbons (Fsp3) is 0.143. The third kappa shape index (κ3) is 23.8. The predicted octanol–water partition coefficient (Wildman–Crippen LogP) is 5.13. The number of carbonyl (C=O) groups is 8. The van der Waals surface area contributed by atoms with Crippen molar-refractivity contribution in [2.24, 2.45) is 27.2 Å². The first kappa shape index (κ1) is 73.5. The highest BCUT2D eigenvalue weighted by Crippen LogP contribution is 2.33.